The fourth-order valence-corrected chi connectivity index (χ4v) is 5.59. The van der Waals surface area contributed by atoms with Gasteiger partial charge < -0.3 is 10.2 Å². The van der Waals surface area contributed by atoms with Crippen LogP contribution >= 0.6 is 0 Å². The number of aromatic hydroxyl groups is 2. The molecule has 0 radical (unpaired) electrons. The summed E-state index contributed by atoms with van der Waals surface area (Å²) in [6.07, 6.45) is 8.60. The van der Waals surface area contributed by atoms with E-state index in [1.807, 2.05) is 36.4 Å². The Hall–Kier alpha value is -4.04. The van der Waals surface area contributed by atoms with E-state index in [-0.39, 0.29) is 17.3 Å². The molecule has 2 heteroatoms. The molecule has 4 aromatic carbocycles. The molecule has 0 heterocycles. The van der Waals surface area contributed by atoms with Crippen LogP contribution in [0.4, 0.5) is 0 Å². The van der Waals surface area contributed by atoms with Gasteiger partial charge in [0.2, 0.25) is 0 Å². The molecule has 2 atom stereocenters. The lowest BCUT2D eigenvalue weighted by Crippen LogP contribution is -2.20. The molecule has 6 rings (SSSR count). The van der Waals surface area contributed by atoms with Gasteiger partial charge in [0.1, 0.15) is 11.5 Å². The standard InChI is InChI=1S/C33H28O2/c1-33(2,23-13-17-31(34)29(19-23)27-15-11-21-7-3-5-9-25(21)27)24-14-18-32(35)30(20-24)28-16-12-22-8-4-6-10-26(22)28/h3-20,27-28,34-35H,1-2H3. The molecule has 0 aromatic heterocycles. The van der Waals surface area contributed by atoms with Crippen molar-refractivity contribution in [2.45, 2.75) is 31.1 Å². The van der Waals surface area contributed by atoms with Crippen LogP contribution in [0.2, 0.25) is 0 Å². The van der Waals surface area contributed by atoms with Crippen LogP contribution in [0, 0.1) is 0 Å². The van der Waals surface area contributed by atoms with E-state index < -0.39 is 0 Å². The van der Waals surface area contributed by atoms with Gasteiger partial charge in [-0.25, -0.2) is 0 Å². The van der Waals surface area contributed by atoms with Crippen molar-refractivity contribution in [3.63, 3.8) is 0 Å². The maximum absolute atomic E-state index is 10.8. The number of phenols is 2. The van der Waals surface area contributed by atoms with E-state index in [0.717, 1.165) is 22.3 Å². The average molecular weight is 457 g/mol. The van der Waals surface area contributed by atoms with Crippen molar-refractivity contribution in [3.8, 4) is 11.5 Å². The molecule has 2 aliphatic rings. The number of phenolic OH excluding ortho intramolecular Hbond substituents is 2. The number of benzene rings is 4. The Morgan fingerprint density at radius 2 is 0.971 bits per heavy atom. The van der Waals surface area contributed by atoms with E-state index in [0.29, 0.717) is 11.5 Å². The number of allylic oxidation sites excluding steroid dienone is 2. The Balaban J connectivity index is 1.40. The molecule has 0 aliphatic heterocycles. The van der Waals surface area contributed by atoms with Crippen LogP contribution in [0.1, 0.15) is 70.2 Å². The number of hydrogen-bond acceptors (Lipinski definition) is 2. The highest BCUT2D eigenvalue weighted by Crippen LogP contribution is 2.44. The number of hydrogen-bond donors (Lipinski definition) is 2. The van der Waals surface area contributed by atoms with Gasteiger partial charge in [-0.15, -0.1) is 0 Å². The van der Waals surface area contributed by atoms with Gasteiger partial charge in [-0.1, -0.05) is 111 Å². The smallest absolute Gasteiger partial charge is 0.119 e. The molecule has 0 amide bonds. The Kier molecular flexibility index (Phi) is 4.93. The second-order valence-electron chi connectivity index (χ2n) is 10.1. The molecule has 172 valence electrons. The van der Waals surface area contributed by atoms with Crippen LogP contribution < -0.4 is 0 Å². The van der Waals surface area contributed by atoms with Crippen molar-refractivity contribution in [2.24, 2.45) is 0 Å². The minimum Gasteiger partial charge on any atom is -0.508 e. The Morgan fingerprint density at radius 1 is 0.543 bits per heavy atom. The summed E-state index contributed by atoms with van der Waals surface area (Å²) in [6, 6.07) is 28.7. The molecule has 0 fully saturated rings. The minimum absolute atomic E-state index is 0.0393. The lowest BCUT2D eigenvalue weighted by Gasteiger charge is -2.29. The molecule has 35 heavy (non-hydrogen) atoms. The van der Waals surface area contributed by atoms with Gasteiger partial charge in [0.25, 0.3) is 0 Å². The third-order valence-corrected chi connectivity index (χ3v) is 7.77. The summed E-state index contributed by atoms with van der Waals surface area (Å²) in [4.78, 5) is 0. The summed E-state index contributed by atoms with van der Waals surface area (Å²) in [5.41, 5.74) is 8.61. The molecule has 0 spiro atoms. The van der Waals surface area contributed by atoms with Crippen molar-refractivity contribution >= 4 is 12.2 Å². The monoisotopic (exact) mass is 456 g/mol. The van der Waals surface area contributed by atoms with Crippen LogP contribution in [0.5, 0.6) is 11.5 Å². The molecular formula is C33H28O2. The first kappa shape index (κ1) is 21.5. The van der Waals surface area contributed by atoms with Crippen molar-refractivity contribution in [1.82, 2.24) is 0 Å². The highest BCUT2D eigenvalue weighted by Gasteiger charge is 2.29. The molecule has 0 saturated carbocycles. The van der Waals surface area contributed by atoms with Gasteiger partial charge in [-0.05, 0) is 45.5 Å². The molecule has 4 aromatic rings. The maximum atomic E-state index is 10.8. The molecule has 2 nitrogen and oxygen atoms in total. The van der Waals surface area contributed by atoms with E-state index in [2.05, 4.69) is 86.7 Å². The fourth-order valence-electron chi connectivity index (χ4n) is 5.59. The van der Waals surface area contributed by atoms with Crippen molar-refractivity contribution in [2.75, 3.05) is 0 Å². The second kappa shape index (κ2) is 8.02. The first-order chi connectivity index (χ1) is 16.9. The third kappa shape index (κ3) is 3.49. The summed E-state index contributed by atoms with van der Waals surface area (Å²) >= 11 is 0. The van der Waals surface area contributed by atoms with Crippen molar-refractivity contribution < 1.29 is 10.2 Å². The number of rotatable bonds is 4. The Labute approximate surface area is 206 Å². The Morgan fingerprint density at radius 3 is 1.43 bits per heavy atom. The fraction of sp³-hybridized carbons (Fsp3) is 0.152. The maximum Gasteiger partial charge on any atom is 0.119 e. The average Bonchev–Trinajstić information content (AvgIpc) is 3.49. The van der Waals surface area contributed by atoms with Gasteiger partial charge in [0.15, 0.2) is 0 Å². The molecule has 2 unspecified atom stereocenters. The highest BCUT2D eigenvalue weighted by atomic mass is 16.3. The van der Waals surface area contributed by atoms with Crippen molar-refractivity contribution in [1.29, 1.82) is 0 Å². The summed E-state index contributed by atoms with van der Waals surface area (Å²) in [5.74, 6) is 0.708. The van der Waals surface area contributed by atoms with Crippen molar-refractivity contribution in [3.05, 3.63) is 142 Å². The topological polar surface area (TPSA) is 40.5 Å². The largest absolute Gasteiger partial charge is 0.508 e. The van der Waals surface area contributed by atoms with Crippen LogP contribution in [-0.4, -0.2) is 10.2 Å². The number of fused-ring (bicyclic) bond motifs is 2. The minimum atomic E-state index is -0.325. The first-order valence-electron chi connectivity index (χ1n) is 12.1. The molecule has 0 bridgehead atoms. The van der Waals surface area contributed by atoms with Gasteiger partial charge in [-0.3, -0.25) is 0 Å². The van der Waals surface area contributed by atoms with E-state index in [9.17, 15) is 10.2 Å². The highest BCUT2D eigenvalue weighted by molar-refractivity contribution is 5.68. The molecule has 2 N–H and O–H groups in total. The lowest BCUT2D eigenvalue weighted by molar-refractivity contribution is 0.466. The zero-order valence-corrected chi connectivity index (χ0v) is 19.9. The quantitative estimate of drug-likeness (QED) is 0.330. The van der Waals surface area contributed by atoms with Crippen LogP contribution in [-0.2, 0) is 5.41 Å². The van der Waals surface area contributed by atoms with Crippen LogP contribution in [0.15, 0.2) is 97.1 Å². The SMILES string of the molecule is CC(C)(c1ccc(O)c(C2C=Cc3ccccc32)c1)c1ccc(O)c(C2C=Cc3ccccc32)c1. The van der Waals surface area contributed by atoms with Gasteiger partial charge in [-0.2, -0.15) is 0 Å². The molecule has 0 saturated heterocycles. The summed E-state index contributed by atoms with van der Waals surface area (Å²) in [6.45, 7) is 4.41. The van der Waals surface area contributed by atoms with E-state index in [1.54, 1.807) is 0 Å². The van der Waals surface area contributed by atoms with Gasteiger partial charge >= 0.3 is 0 Å². The zero-order chi connectivity index (χ0) is 24.2. The van der Waals surface area contributed by atoms with Gasteiger partial charge in [0, 0.05) is 28.4 Å². The molecular weight excluding hydrogens is 428 g/mol. The van der Waals surface area contributed by atoms with E-state index in [4.69, 9.17) is 0 Å². The molecule has 2 aliphatic carbocycles. The first-order valence-corrected chi connectivity index (χ1v) is 12.1. The lowest BCUT2D eigenvalue weighted by atomic mass is 9.75. The van der Waals surface area contributed by atoms with E-state index in [1.165, 1.54) is 22.3 Å². The summed E-state index contributed by atoms with van der Waals surface area (Å²) in [7, 11) is 0. The predicted octanol–water partition coefficient (Wildman–Crippen LogP) is 7.74. The summed E-state index contributed by atoms with van der Waals surface area (Å²) < 4.78 is 0. The second-order valence-corrected chi connectivity index (χ2v) is 10.1. The van der Waals surface area contributed by atoms with Crippen LogP contribution in [0.3, 0.4) is 0 Å². The van der Waals surface area contributed by atoms with Gasteiger partial charge in [0.05, 0.1) is 0 Å². The third-order valence-electron chi connectivity index (χ3n) is 7.77. The predicted molar refractivity (Wildman–Crippen MR) is 143 cm³/mol. The normalized spacial score (nSPS) is 18.0. The van der Waals surface area contributed by atoms with E-state index >= 15 is 0 Å². The van der Waals surface area contributed by atoms with Crippen LogP contribution in [0.25, 0.3) is 12.2 Å². The zero-order valence-electron chi connectivity index (χ0n) is 19.9. The Bertz CT molecular complexity index is 1390. The summed E-state index contributed by atoms with van der Waals surface area (Å²) in [5, 5.41) is 21.6.